The van der Waals surface area contributed by atoms with Crippen LogP contribution in [0, 0.1) is 5.92 Å². The highest BCUT2D eigenvalue weighted by Gasteiger charge is 2.39. The Kier molecular flexibility index (Phi) is 4.59. The lowest BCUT2D eigenvalue weighted by molar-refractivity contribution is 0.0547. The smallest absolute Gasteiger partial charge is 0.0595 e. The molecule has 1 aromatic carbocycles. The Hall–Kier alpha value is -0.240. The molecule has 0 bridgehead atoms. The van der Waals surface area contributed by atoms with Crippen molar-refractivity contribution in [2.24, 2.45) is 5.92 Å². The first-order valence-electron chi connectivity index (χ1n) is 7.89. The van der Waals surface area contributed by atoms with Crippen LogP contribution in [-0.4, -0.2) is 24.0 Å². The van der Waals surface area contributed by atoms with Gasteiger partial charge in [0.2, 0.25) is 0 Å². The molecule has 110 valence electrons. The molecular formula is C17H23Cl2N. The number of hydrogen-bond acceptors (Lipinski definition) is 1. The fraction of sp³-hybridized carbons (Fsp3) is 0.647. The standard InChI is InChI=1S/C17H23Cl2N/c1-2-12-8-10-20-9-4-3-5-16(20)17(12)13-6-7-14(18)15(19)11-13/h6-7,11-12,16-17H,2-5,8-10H2,1H3/t12-,16-,17?/m1/s1. The molecule has 0 N–H and O–H groups in total. The van der Waals surface area contributed by atoms with Gasteiger partial charge in [-0.15, -0.1) is 0 Å². The van der Waals surface area contributed by atoms with Crippen molar-refractivity contribution in [3.63, 3.8) is 0 Å². The van der Waals surface area contributed by atoms with Crippen molar-refractivity contribution in [3.05, 3.63) is 33.8 Å². The number of halogens is 2. The molecule has 0 radical (unpaired) electrons. The minimum atomic E-state index is 0.629. The predicted molar refractivity (Wildman–Crippen MR) is 86.8 cm³/mol. The van der Waals surface area contributed by atoms with Gasteiger partial charge >= 0.3 is 0 Å². The van der Waals surface area contributed by atoms with Crippen LogP contribution in [0.3, 0.4) is 0 Å². The van der Waals surface area contributed by atoms with Gasteiger partial charge in [0.25, 0.3) is 0 Å². The van der Waals surface area contributed by atoms with Gasteiger partial charge in [-0.1, -0.05) is 49.0 Å². The Balaban J connectivity index is 1.94. The number of hydrogen-bond donors (Lipinski definition) is 0. The van der Waals surface area contributed by atoms with E-state index in [4.69, 9.17) is 23.2 Å². The molecule has 0 saturated carbocycles. The fourth-order valence-electron chi connectivity index (χ4n) is 4.20. The molecule has 20 heavy (non-hydrogen) atoms. The normalized spacial score (nSPS) is 31.1. The summed E-state index contributed by atoms with van der Waals surface area (Å²) in [6.07, 6.45) is 6.64. The lowest BCUT2D eigenvalue weighted by Gasteiger charge is -2.48. The number of rotatable bonds is 2. The topological polar surface area (TPSA) is 3.24 Å². The monoisotopic (exact) mass is 311 g/mol. The molecule has 0 aliphatic carbocycles. The average Bonchev–Trinajstić information content (AvgIpc) is 2.49. The van der Waals surface area contributed by atoms with E-state index in [-0.39, 0.29) is 0 Å². The number of fused-ring (bicyclic) bond motifs is 1. The summed E-state index contributed by atoms with van der Waals surface area (Å²) < 4.78 is 0. The zero-order valence-electron chi connectivity index (χ0n) is 12.1. The summed E-state index contributed by atoms with van der Waals surface area (Å²) in [6.45, 7) is 4.88. The molecule has 1 nitrogen and oxygen atoms in total. The van der Waals surface area contributed by atoms with Crippen LogP contribution in [0.2, 0.25) is 10.0 Å². The highest BCUT2D eigenvalue weighted by atomic mass is 35.5. The van der Waals surface area contributed by atoms with Gasteiger partial charge < -0.3 is 0 Å². The Morgan fingerprint density at radius 1 is 1.10 bits per heavy atom. The van der Waals surface area contributed by atoms with Crippen LogP contribution in [0.5, 0.6) is 0 Å². The van der Waals surface area contributed by atoms with Gasteiger partial charge in [-0.2, -0.15) is 0 Å². The molecule has 3 atom stereocenters. The van der Waals surface area contributed by atoms with E-state index in [2.05, 4.69) is 24.0 Å². The third kappa shape index (κ3) is 2.73. The van der Waals surface area contributed by atoms with Gasteiger partial charge in [-0.25, -0.2) is 0 Å². The Bertz CT molecular complexity index is 474. The molecule has 2 fully saturated rings. The van der Waals surface area contributed by atoms with Crippen LogP contribution in [0.4, 0.5) is 0 Å². The molecule has 3 heteroatoms. The maximum absolute atomic E-state index is 6.25. The first-order chi connectivity index (χ1) is 9.70. The third-order valence-electron chi connectivity index (χ3n) is 5.23. The van der Waals surface area contributed by atoms with E-state index in [1.807, 2.05) is 6.07 Å². The quantitative estimate of drug-likeness (QED) is 0.710. The molecule has 2 aliphatic heterocycles. The van der Waals surface area contributed by atoms with Crippen LogP contribution in [-0.2, 0) is 0 Å². The van der Waals surface area contributed by atoms with Gasteiger partial charge in [0.15, 0.2) is 0 Å². The van der Waals surface area contributed by atoms with Crippen LogP contribution in [0.1, 0.15) is 50.5 Å². The number of piperidine rings is 2. The molecule has 0 aromatic heterocycles. The number of benzene rings is 1. The minimum absolute atomic E-state index is 0.629. The summed E-state index contributed by atoms with van der Waals surface area (Å²) in [4.78, 5) is 2.71. The van der Waals surface area contributed by atoms with E-state index in [1.54, 1.807) is 0 Å². The summed E-state index contributed by atoms with van der Waals surface area (Å²) in [6, 6.07) is 6.97. The van der Waals surface area contributed by atoms with Gasteiger partial charge in [-0.05, 0) is 56.0 Å². The van der Waals surface area contributed by atoms with Crippen molar-refractivity contribution < 1.29 is 0 Å². The van der Waals surface area contributed by atoms with Crippen molar-refractivity contribution >= 4 is 23.2 Å². The molecule has 2 saturated heterocycles. The SMILES string of the molecule is CC[C@@H]1CCN2CCCC[C@@H]2C1c1ccc(Cl)c(Cl)c1. The predicted octanol–water partition coefficient (Wildman–Crippen LogP) is 5.36. The van der Waals surface area contributed by atoms with Crippen LogP contribution < -0.4 is 0 Å². The van der Waals surface area contributed by atoms with E-state index in [0.29, 0.717) is 22.0 Å². The van der Waals surface area contributed by atoms with E-state index in [1.165, 1.54) is 50.8 Å². The van der Waals surface area contributed by atoms with Crippen molar-refractivity contribution in [2.75, 3.05) is 13.1 Å². The van der Waals surface area contributed by atoms with Gasteiger partial charge in [-0.3, -0.25) is 4.90 Å². The molecule has 2 heterocycles. The Morgan fingerprint density at radius 2 is 1.95 bits per heavy atom. The molecule has 1 unspecified atom stereocenters. The third-order valence-corrected chi connectivity index (χ3v) is 5.97. The van der Waals surface area contributed by atoms with E-state index < -0.39 is 0 Å². The molecule has 2 aliphatic rings. The van der Waals surface area contributed by atoms with E-state index in [9.17, 15) is 0 Å². The summed E-state index contributed by atoms with van der Waals surface area (Å²) in [5.74, 6) is 1.41. The first kappa shape index (κ1) is 14.7. The summed E-state index contributed by atoms with van der Waals surface area (Å²) >= 11 is 12.3. The molecule has 0 amide bonds. The summed E-state index contributed by atoms with van der Waals surface area (Å²) in [5, 5.41) is 1.37. The van der Waals surface area contributed by atoms with Crippen LogP contribution in [0.25, 0.3) is 0 Å². The second-order valence-electron chi connectivity index (χ2n) is 6.26. The second-order valence-corrected chi connectivity index (χ2v) is 7.07. The maximum atomic E-state index is 6.25. The van der Waals surface area contributed by atoms with Gasteiger partial charge in [0.05, 0.1) is 10.0 Å². The Morgan fingerprint density at radius 3 is 2.70 bits per heavy atom. The molecule has 3 rings (SSSR count). The van der Waals surface area contributed by atoms with Crippen molar-refractivity contribution in [3.8, 4) is 0 Å². The lowest BCUT2D eigenvalue weighted by Crippen LogP contribution is -2.50. The average molecular weight is 312 g/mol. The summed E-state index contributed by atoms with van der Waals surface area (Å²) in [7, 11) is 0. The van der Waals surface area contributed by atoms with E-state index >= 15 is 0 Å². The van der Waals surface area contributed by atoms with Gasteiger partial charge in [0.1, 0.15) is 0 Å². The second kappa shape index (κ2) is 6.25. The van der Waals surface area contributed by atoms with Gasteiger partial charge in [0, 0.05) is 12.0 Å². The first-order valence-corrected chi connectivity index (χ1v) is 8.65. The van der Waals surface area contributed by atoms with Crippen molar-refractivity contribution in [2.45, 2.75) is 51.0 Å². The zero-order valence-corrected chi connectivity index (χ0v) is 13.6. The highest BCUT2D eigenvalue weighted by Crippen LogP contribution is 2.43. The zero-order chi connectivity index (χ0) is 14.1. The van der Waals surface area contributed by atoms with Crippen molar-refractivity contribution in [1.29, 1.82) is 0 Å². The Labute approximate surface area is 132 Å². The molecule has 0 spiro atoms. The molecular weight excluding hydrogens is 289 g/mol. The van der Waals surface area contributed by atoms with Crippen LogP contribution in [0.15, 0.2) is 18.2 Å². The largest absolute Gasteiger partial charge is 0.300 e. The highest BCUT2D eigenvalue weighted by molar-refractivity contribution is 6.42. The van der Waals surface area contributed by atoms with E-state index in [0.717, 1.165) is 5.92 Å². The fourth-order valence-corrected chi connectivity index (χ4v) is 4.51. The summed E-state index contributed by atoms with van der Waals surface area (Å²) in [5.41, 5.74) is 1.39. The number of nitrogens with zero attached hydrogens (tertiary/aromatic N) is 1. The molecule has 1 aromatic rings. The van der Waals surface area contributed by atoms with Crippen LogP contribution >= 0.6 is 23.2 Å². The minimum Gasteiger partial charge on any atom is -0.300 e. The lowest BCUT2D eigenvalue weighted by atomic mass is 9.72. The maximum Gasteiger partial charge on any atom is 0.0595 e. The van der Waals surface area contributed by atoms with Crippen molar-refractivity contribution in [1.82, 2.24) is 4.90 Å².